The molecule has 104 valence electrons. The third kappa shape index (κ3) is 2.64. The highest BCUT2D eigenvalue weighted by atomic mass is 15.2. The summed E-state index contributed by atoms with van der Waals surface area (Å²) < 4.78 is 0. The van der Waals surface area contributed by atoms with Gasteiger partial charge in [0.15, 0.2) is 0 Å². The van der Waals surface area contributed by atoms with E-state index in [2.05, 4.69) is 42.3 Å². The zero-order valence-electron chi connectivity index (χ0n) is 12.3. The van der Waals surface area contributed by atoms with E-state index in [9.17, 15) is 0 Å². The van der Waals surface area contributed by atoms with E-state index in [1.54, 1.807) is 0 Å². The van der Waals surface area contributed by atoms with Gasteiger partial charge in [-0.05, 0) is 56.2 Å². The van der Waals surface area contributed by atoms with E-state index in [-0.39, 0.29) is 0 Å². The lowest BCUT2D eigenvalue weighted by Crippen LogP contribution is -2.33. The van der Waals surface area contributed by atoms with Crippen molar-refractivity contribution in [2.75, 3.05) is 11.9 Å². The van der Waals surface area contributed by atoms with Crippen LogP contribution in [0.15, 0.2) is 18.2 Å². The summed E-state index contributed by atoms with van der Waals surface area (Å²) in [6, 6.07) is 8.57. The molecule has 0 radical (unpaired) electrons. The van der Waals surface area contributed by atoms with Crippen molar-refractivity contribution < 1.29 is 0 Å². The maximum Gasteiger partial charge on any atom is 0.0372 e. The second-order valence-electron chi connectivity index (χ2n) is 6.18. The Hall–Kier alpha value is -1.02. The van der Waals surface area contributed by atoms with E-state index >= 15 is 0 Å². The Morgan fingerprint density at radius 2 is 2.21 bits per heavy atom. The second kappa shape index (κ2) is 5.54. The summed E-state index contributed by atoms with van der Waals surface area (Å²) in [4.78, 5) is 2.71. The number of nitrogens with zero attached hydrogens (tertiary/aromatic N) is 1. The average Bonchev–Trinajstić information content (AvgIpc) is 2.79. The molecule has 0 aromatic heterocycles. The molecule has 2 unspecified atom stereocenters. The number of aryl methyl sites for hydroxylation is 1. The fourth-order valence-electron chi connectivity index (χ4n) is 3.69. The first-order valence-electron chi connectivity index (χ1n) is 7.89. The number of hydrogen-bond donors (Lipinski definition) is 1. The summed E-state index contributed by atoms with van der Waals surface area (Å²) in [7, 11) is 0. The van der Waals surface area contributed by atoms with Crippen molar-refractivity contribution in [1.29, 1.82) is 0 Å². The van der Waals surface area contributed by atoms with Gasteiger partial charge in [-0.2, -0.15) is 0 Å². The molecule has 2 heteroatoms. The number of fused-ring (bicyclic) bond motifs is 1. The first kappa shape index (κ1) is 13.0. The number of likely N-dealkylation sites (tertiary alicyclic amines) is 1. The van der Waals surface area contributed by atoms with Gasteiger partial charge in [0, 0.05) is 30.9 Å². The van der Waals surface area contributed by atoms with Crippen LogP contribution in [0.25, 0.3) is 0 Å². The quantitative estimate of drug-likeness (QED) is 0.887. The Morgan fingerprint density at radius 3 is 3.05 bits per heavy atom. The number of nitrogens with one attached hydrogen (secondary N) is 1. The molecule has 0 bridgehead atoms. The molecule has 2 atom stereocenters. The number of benzene rings is 1. The van der Waals surface area contributed by atoms with Crippen LogP contribution in [0.4, 0.5) is 5.69 Å². The first-order valence-corrected chi connectivity index (χ1v) is 7.89. The Kier molecular flexibility index (Phi) is 3.79. The van der Waals surface area contributed by atoms with Crippen LogP contribution in [-0.2, 0) is 13.0 Å². The molecule has 0 saturated carbocycles. The summed E-state index contributed by atoms with van der Waals surface area (Å²) in [5, 5.41) is 3.50. The lowest BCUT2D eigenvalue weighted by Gasteiger charge is -2.28. The van der Waals surface area contributed by atoms with Crippen LogP contribution in [0.2, 0.25) is 0 Å². The number of anilines is 1. The van der Waals surface area contributed by atoms with Crippen molar-refractivity contribution >= 4 is 5.69 Å². The minimum absolute atomic E-state index is 0.749. The second-order valence-corrected chi connectivity index (χ2v) is 6.18. The van der Waals surface area contributed by atoms with Gasteiger partial charge in [-0.15, -0.1) is 0 Å². The van der Waals surface area contributed by atoms with Crippen molar-refractivity contribution in [3.63, 3.8) is 0 Å². The molecule has 1 aromatic rings. The van der Waals surface area contributed by atoms with Crippen molar-refractivity contribution in [3.05, 3.63) is 29.3 Å². The van der Waals surface area contributed by atoms with Crippen LogP contribution < -0.4 is 5.32 Å². The molecule has 1 aromatic carbocycles. The highest BCUT2D eigenvalue weighted by molar-refractivity contribution is 5.54. The van der Waals surface area contributed by atoms with E-state index in [1.165, 1.54) is 48.9 Å². The molecule has 1 saturated heterocycles. The Morgan fingerprint density at radius 1 is 1.32 bits per heavy atom. The summed E-state index contributed by atoms with van der Waals surface area (Å²) in [5.74, 6) is 0. The van der Waals surface area contributed by atoms with Crippen LogP contribution in [0.5, 0.6) is 0 Å². The number of rotatable bonds is 3. The van der Waals surface area contributed by atoms with E-state index in [0.717, 1.165) is 25.2 Å². The highest BCUT2D eigenvalue weighted by Crippen LogP contribution is 2.29. The molecule has 2 nitrogen and oxygen atoms in total. The van der Waals surface area contributed by atoms with Crippen molar-refractivity contribution in [3.8, 4) is 0 Å². The monoisotopic (exact) mass is 258 g/mol. The predicted octanol–water partition coefficient (Wildman–Crippen LogP) is 3.81. The van der Waals surface area contributed by atoms with Crippen molar-refractivity contribution in [1.82, 2.24) is 4.90 Å². The molecular weight excluding hydrogens is 232 g/mol. The fourth-order valence-corrected chi connectivity index (χ4v) is 3.69. The topological polar surface area (TPSA) is 15.3 Å². The van der Waals surface area contributed by atoms with E-state index in [1.807, 2.05) is 0 Å². The predicted molar refractivity (Wildman–Crippen MR) is 81.6 cm³/mol. The van der Waals surface area contributed by atoms with Crippen LogP contribution in [0.1, 0.15) is 50.7 Å². The van der Waals surface area contributed by atoms with Crippen LogP contribution in [0, 0.1) is 0 Å². The molecule has 3 rings (SSSR count). The maximum atomic E-state index is 3.50. The SMILES string of the molecule is CCC1CCC(C)N1Cc1ccc2c(c1)CCCN2. The maximum absolute atomic E-state index is 3.50. The van der Waals surface area contributed by atoms with Crippen molar-refractivity contribution in [2.24, 2.45) is 0 Å². The highest BCUT2D eigenvalue weighted by Gasteiger charge is 2.29. The molecule has 19 heavy (non-hydrogen) atoms. The Balaban J connectivity index is 1.75. The molecule has 1 N–H and O–H groups in total. The van der Waals surface area contributed by atoms with Gasteiger partial charge >= 0.3 is 0 Å². The molecule has 0 aliphatic carbocycles. The summed E-state index contributed by atoms with van der Waals surface area (Å²) in [6.07, 6.45) is 6.54. The largest absolute Gasteiger partial charge is 0.385 e. The Labute approximate surface area is 117 Å². The van der Waals surface area contributed by atoms with Gasteiger partial charge in [-0.3, -0.25) is 4.90 Å². The molecule has 0 spiro atoms. The third-order valence-electron chi connectivity index (χ3n) is 4.90. The van der Waals surface area contributed by atoms with Gasteiger partial charge in [0.1, 0.15) is 0 Å². The zero-order valence-corrected chi connectivity index (χ0v) is 12.3. The van der Waals surface area contributed by atoms with Gasteiger partial charge < -0.3 is 5.32 Å². The van der Waals surface area contributed by atoms with E-state index in [4.69, 9.17) is 0 Å². The van der Waals surface area contributed by atoms with E-state index in [0.29, 0.717) is 0 Å². The zero-order chi connectivity index (χ0) is 13.2. The minimum atomic E-state index is 0.749. The normalized spacial score (nSPS) is 27.1. The third-order valence-corrected chi connectivity index (χ3v) is 4.90. The molecule has 2 aliphatic rings. The average molecular weight is 258 g/mol. The van der Waals surface area contributed by atoms with E-state index < -0.39 is 0 Å². The summed E-state index contributed by atoms with van der Waals surface area (Å²) in [5.41, 5.74) is 4.37. The fraction of sp³-hybridized carbons (Fsp3) is 0.647. The van der Waals surface area contributed by atoms with Crippen LogP contribution in [0.3, 0.4) is 0 Å². The first-order chi connectivity index (χ1) is 9.28. The van der Waals surface area contributed by atoms with Crippen molar-refractivity contribution in [2.45, 2.75) is 64.6 Å². The minimum Gasteiger partial charge on any atom is -0.385 e. The van der Waals surface area contributed by atoms with Gasteiger partial charge in [-0.25, -0.2) is 0 Å². The van der Waals surface area contributed by atoms with Gasteiger partial charge in [-0.1, -0.05) is 19.1 Å². The Bertz CT molecular complexity index is 441. The lowest BCUT2D eigenvalue weighted by molar-refractivity contribution is 0.189. The van der Waals surface area contributed by atoms with Crippen LogP contribution in [-0.4, -0.2) is 23.5 Å². The molecule has 1 fully saturated rings. The molecule has 2 heterocycles. The molecular formula is C17H26N2. The molecule has 0 amide bonds. The van der Waals surface area contributed by atoms with Gasteiger partial charge in [0.05, 0.1) is 0 Å². The summed E-state index contributed by atoms with van der Waals surface area (Å²) in [6.45, 7) is 6.97. The van der Waals surface area contributed by atoms with Crippen LogP contribution >= 0.6 is 0 Å². The smallest absolute Gasteiger partial charge is 0.0372 e. The van der Waals surface area contributed by atoms with Gasteiger partial charge in [0.25, 0.3) is 0 Å². The summed E-state index contributed by atoms with van der Waals surface area (Å²) >= 11 is 0. The number of hydrogen-bond acceptors (Lipinski definition) is 2. The van der Waals surface area contributed by atoms with Gasteiger partial charge in [0.2, 0.25) is 0 Å². The molecule has 2 aliphatic heterocycles. The lowest BCUT2D eigenvalue weighted by atomic mass is 10.0. The standard InChI is InChI=1S/C17H26N2/c1-3-16-8-6-13(2)19(16)12-14-7-9-17-15(11-14)5-4-10-18-17/h7,9,11,13,16,18H,3-6,8,10,12H2,1-2H3.